The van der Waals surface area contributed by atoms with Crippen LogP contribution in [0.1, 0.15) is 31.9 Å². The van der Waals surface area contributed by atoms with E-state index < -0.39 is 0 Å². The van der Waals surface area contributed by atoms with E-state index in [1.165, 1.54) is 0 Å². The van der Waals surface area contributed by atoms with Crippen molar-refractivity contribution in [3.63, 3.8) is 0 Å². The lowest BCUT2D eigenvalue weighted by atomic mass is 10.1. The number of benzene rings is 2. The molecule has 2 aromatic carbocycles. The average Bonchev–Trinajstić information content (AvgIpc) is 2.65. The maximum atomic E-state index is 10.1. The van der Waals surface area contributed by atoms with Crippen molar-refractivity contribution < 1.29 is 14.6 Å². The fourth-order valence-electron chi connectivity index (χ4n) is 2.68. The normalized spacial score (nSPS) is 11.4. The lowest BCUT2D eigenvalue weighted by molar-refractivity contribution is 0.129. The van der Waals surface area contributed by atoms with Gasteiger partial charge in [0, 0.05) is 31.8 Å². The van der Waals surface area contributed by atoms with Gasteiger partial charge in [-0.25, -0.2) is 0 Å². The van der Waals surface area contributed by atoms with Crippen molar-refractivity contribution in [2.24, 2.45) is 4.99 Å². The number of halogens is 1. The van der Waals surface area contributed by atoms with E-state index in [1.807, 2.05) is 57.2 Å². The van der Waals surface area contributed by atoms with Crippen LogP contribution in [0.25, 0.3) is 0 Å². The zero-order valence-corrected chi connectivity index (χ0v) is 20.1. The summed E-state index contributed by atoms with van der Waals surface area (Å²) in [6.45, 7) is 7.34. The Hall–Kier alpha value is -2.16. The Morgan fingerprint density at radius 2 is 1.79 bits per heavy atom. The van der Waals surface area contributed by atoms with Crippen LogP contribution in [0.3, 0.4) is 0 Å². The van der Waals surface area contributed by atoms with Crippen LogP contribution in [0.2, 0.25) is 0 Å². The van der Waals surface area contributed by atoms with E-state index in [9.17, 15) is 5.11 Å². The molecule has 0 bridgehead atoms. The second-order valence-electron chi connectivity index (χ2n) is 7.42. The van der Waals surface area contributed by atoms with Crippen LogP contribution >= 0.6 is 24.0 Å². The third kappa shape index (κ3) is 8.39. The quantitative estimate of drug-likeness (QED) is 0.295. The molecule has 0 atom stereocenters. The molecule has 0 aliphatic heterocycles. The van der Waals surface area contributed by atoms with Gasteiger partial charge in [0.2, 0.25) is 0 Å². The van der Waals surface area contributed by atoms with Crippen molar-refractivity contribution >= 4 is 29.9 Å². The standard InChI is InChI=1S/C22H31N3O3.HI/c1-22(2,3)28-20-9-7-6-8-17(20)15-25-21(23-4)24-13-12-16-10-11-18(27-5)14-19(16)26;/h6-11,14,26H,12-13,15H2,1-5H3,(H2,23,24,25);1H. The number of aromatic hydroxyl groups is 1. The van der Waals surface area contributed by atoms with Crippen molar-refractivity contribution in [2.45, 2.75) is 39.3 Å². The van der Waals surface area contributed by atoms with Gasteiger partial charge in [-0.2, -0.15) is 0 Å². The number of nitrogens with one attached hydrogen (secondary N) is 2. The van der Waals surface area contributed by atoms with E-state index in [0.717, 1.165) is 16.9 Å². The second kappa shape index (κ2) is 11.7. The van der Waals surface area contributed by atoms with Crippen LogP contribution < -0.4 is 20.1 Å². The van der Waals surface area contributed by atoms with Crippen LogP contribution in [0, 0.1) is 0 Å². The van der Waals surface area contributed by atoms with Gasteiger partial charge in [-0.05, 0) is 44.9 Å². The highest BCUT2D eigenvalue weighted by atomic mass is 127. The molecule has 6 nitrogen and oxygen atoms in total. The van der Waals surface area contributed by atoms with E-state index in [-0.39, 0.29) is 35.3 Å². The molecular formula is C22H32IN3O3. The monoisotopic (exact) mass is 513 g/mol. The molecule has 7 heteroatoms. The number of para-hydroxylation sites is 1. The van der Waals surface area contributed by atoms with Gasteiger partial charge >= 0.3 is 0 Å². The highest BCUT2D eigenvalue weighted by Crippen LogP contribution is 2.24. The second-order valence-corrected chi connectivity index (χ2v) is 7.42. The largest absolute Gasteiger partial charge is 0.508 e. The first-order valence-electron chi connectivity index (χ1n) is 9.39. The number of nitrogens with zero attached hydrogens (tertiary/aromatic N) is 1. The Bertz CT molecular complexity index is 804. The van der Waals surface area contributed by atoms with Gasteiger partial charge in [0.05, 0.1) is 7.11 Å². The van der Waals surface area contributed by atoms with Gasteiger partial charge in [0.1, 0.15) is 22.8 Å². The van der Waals surface area contributed by atoms with Crippen LogP contribution in [-0.2, 0) is 13.0 Å². The van der Waals surface area contributed by atoms with Gasteiger partial charge in [0.15, 0.2) is 5.96 Å². The van der Waals surface area contributed by atoms with Crippen molar-refractivity contribution in [3.05, 3.63) is 53.6 Å². The molecular weight excluding hydrogens is 481 g/mol. The average molecular weight is 513 g/mol. The molecule has 0 unspecified atom stereocenters. The van der Waals surface area contributed by atoms with Crippen molar-refractivity contribution in [1.82, 2.24) is 10.6 Å². The molecule has 0 aliphatic rings. The number of rotatable bonds is 7. The van der Waals surface area contributed by atoms with Crippen molar-refractivity contribution in [3.8, 4) is 17.2 Å². The predicted molar refractivity (Wildman–Crippen MR) is 129 cm³/mol. The Morgan fingerprint density at radius 3 is 2.41 bits per heavy atom. The SMILES string of the molecule is CN=C(NCCc1ccc(OC)cc1O)NCc1ccccc1OC(C)(C)C.I. The maximum absolute atomic E-state index is 10.1. The first kappa shape index (κ1) is 24.9. The molecule has 0 saturated carbocycles. The van der Waals surface area contributed by atoms with Crippen molar-refractivity contribution in [2.75, 3.05) is 20.7 Å². The fraction of sp³-hybridized carbons (Fsp3) is 0.409. The number of phenols is 1. The third-order valence-corrected chi connectivity index (χ3v) is 4.04. The summed E-state index contributed by atoms with van der Waals surface area (Å²) < 4.78 is 11.1. The number of phenolic OH excluding ortho intramolecular Hbond substituents is 1. The minimum absolute atomic E-state index is 0. The summed E-state index contributed by atoms with van der Waals surface area (Å²) in [5.74, 6) is 2.43. The molecule has 2 aromatic rings. The first-order valence-corrected chi connectivity index (χ1v) is 9.39. The molecule has 160 valence electrons. The lowest BCUT2D eigenvalue weighted by Crippen LogP contribution is -2.38. The van der Waals surface area contributed by atoms with Gasteiger partial charge in [-0.3, -0.25) is 4.99 Å². The molecule has 0 amide bonds. The van der Waals surface area contributed by atoms with E-state index in [4.69, 9.17) is 9.47 Å². The summed E-state index contributed by atoms with van der Waals surface area (Å²) in [7, 11) is 3.31. The molecule has 0 saturated heterocycles. The zero-order valence-electron chi connectivity index (χ0n) is 17.8. The molecule has 0 spiro atoms. The number of methoxy groups -OCH3 is 1. The summed E-state index contributed by atoms with van der Waals surface area (Å²) in [5, 5.41) is 16.6. The number of hydrogen-bond acceptors (Lipinski definition) is 4. The lowest BCUT2D eigenvalue weighted by Gasteiger charge is -2.23. The van der Waals surface area contributed by atoms with E-state index in [0.29, 0.717) is 31.2 Å². The van der Waals surface area contributed by atoms with Crippen LogP contribution in [0.15, 0.2) is 47.5 Å². The number of aliphatic imine (C=N–C) groups is 1. The Labute approximate surface area is 190 Å². The molecule has 0 radical (unpaired) electrons. The molecule has 2 rings (SSSR count). The van der Waals surface area contributed by atoms with Gasteiger partial charge in [0.25, 0.3) is 0 Å². The zero-order chi connectivity index (χ0) is 20.6. The van der Waals surface area contributed by atoms with Gasteiger partial charge in [-0.15, -0.1) is 24.0 Å². The molecule has 0 heterocycles. The summed E-state index contributed by atoms with van der Waals surface area (Å²) in [6, 6.07) is 13.3. The van der Waals surface area contributed by atoms with Crippen LogP contribution in [0.4, 0.5) is 0 Å². The fourth-order valence-corrected chi connectivity index (χ4v) is 2.68. The number of guanidine groups is 1. The number of ether oxygens (including phenoxy) is 2. The molecule has 0 aliphatic carbocycles. The minimum atomic E-state index is -0.254. The minimum Gasteiger partial charge on any atom is -0.508 e. The molecule has 0 aromatic heterocycles. The first-order chi connectivity index (χ1) is 13.3. The van der Waals surface area contributed by atoms with E-state index in [1.54, 1.807) is 20.2 Å². The summed E-state index contributed by atoms with van der Waals surface area (Å²) in [5.41, 5.74) is 1.66. The van der Waals surface area contributed by atoms with E-state index >= 15 is 0 Å². The Morgan fingerprint density at radius 1 is 1.07 bits per heavy atom. The highest BCUT2D eigenvalue weighted by Gasteiger charge is 2.14. The highest BCUT2D eigenvalue weighted by molar-refractivity contribution is 14.0. The summed E-state index contributed by atoms with van der Waals surface area (Å²) in [6.07, 6.45) is 0.667. The molecule has 3 N–H and O–H groups in total. The third-order valence-electron chi connectivity index (χ3n) is 4.04. The summed E-state index contributed by atoms with van der Waals surface area (Å²) in [4.78, 5) is 4.26. The van der Waals surface area contributed by atoms with Crippen molar-refractivity contribution in [1.29, 1.82) is 0 Å². The summed E-state index contributed by atoms with van der Waals surface area (Å²) >= 11 is 0. The van der Waals surface area contributed by atoms with Gasteiger partial charge < -0.3 is 25.2 Å². The Kier molecular flexibility index (Phi) is 10.1. The van der Waals surface area contributed by atoms with Crippen LogP contribution in [-0.4, -0.2) is 37.4 Å². The van der Waals surface area contributed by atoms with Crippen LogP contribution in [0.5, 0.6) is 17.2 Å². The maximum Gasteiger partial charge on any atom is 0.191 e. The predicted octanol–water partition coefficient (Wildman–Crippen LogP) is 4.10. The smallest absolute Gasteiger partial charge is 0.191 e. The van der Waals surface area contributed by atoms with Gasteiger partial charge in [-0.1, -0.05) is 24.3 Å². The molecule has 29 heavy (non-hydrogen) atoms. The topological polar surface area (TPSA) is 75.1 Å². The Balaban J connectivity index is 0.00000420. The molecule has 0 fully saturated rings. The number of hydrogen-bond donors (Lipinski definition) is 3. The van der Waals surface area contributed by atoms with E-state index in [2.05, 4.69) is 15.6 Å².